The molecule has 0 saturated carbocycles. The Morgan fingerprint density at radius 3 is 2.50 bits per heavy atom. The number of hydrogen-bond acceptors (Lipinski definition) is 3. The summed E-state index contributed by atoms with van der Waals surface area (Å²) in [7, 11) is 0. The predicted octanol–water partition coefficient (Wildman–Crippen LogP) is 5.33. The third-order valence-corrected chi connectivity index (χ3v) is 6.41. The van der Waals surface area contributed by atoms with Gasteiger partial charge in [-0.15, -0.1) is 0 Å². The van der Waals surface area contributed by atoms with E-state index in [9.17, 15) is 0 Å². The maximum Gasteiger partial charge on any atom is 0.0717 e. The van der Waals surface area contributed by atoms with Crippen molar-refractivity contribution in [2.45, 2.75) is 19.3 Å². The molecule has 0 N–H and O–H groups in total. The molecule has 0 radical (unpaired) electrons. The Morgan fingerprint density at radius 2 is 1.50 bits per heavy atom. The number of hydrogen-bond donors (Lipinski definition) is 0. The van der Waals surface area contributed by atoms with Crippen LogP contribution in [0.15, 0.2) is 67.1 Å². The summed E-state index contributed by atoms with van der Waals surface area (Å²) in [4.78, 5) is 11.7. The molecule has 3 aliphatic rings. The minimum atomic E-state index is 0.889. The van der Waals surface area contributed by atoms with Gasteiger partial charge in [-0.2, -0.15) is 0 Å². The highest BCUT2D eigenvalue weighted by Gasteiger charge is 2.36. The van der Waals surface area contributed by atoms with Gasteiger partial charge in [-0.1, -0.05) is 36.4 Å². The minimum Gasteiger partial charge on any atom is -0.306 e. The lowest BCUT2D eigenvalue weighted by molar-refractivity contribution is 0.955. The Hall–Kier alpha value is -3.46. The van der Waals surface area contributed by atoms with Crippen molar-refractivity contribution in [1.82, 2.24) is 9.97 Å². The second kappa shape index (κ2) is 5.08. The molecule has 0 atom stereocenters. The van der Waals surface area contributed by atoms with Gasteiger partial charge < -0.3 is 4.90 Å². The maximum absolute atomic E-state index is 4.76. The lowest BCUT2D eigenvalue weighted by Crippen LogP contribution is -2.26. The summed E-state index contributed by atoms with van der Waals surface area (Å²) in [5.74, 6) is 0. The largest absolute Gasteiger partial charge is 0.306 e. The van der Waals surface area contributed by atoms with E-state index in [1.807, 2.05) is 18.6 Å². The number of anilines is 3. The molecule has 4 aromatic rings. The molecule has 132 valence electrons. The summed E-state index contributed by atoms with van der Waals surface area (Å²) in [5.41, 5.74) is 14.6. The van der Waals surface area contributed by atoms with Crippen molar-refractivity contribution in [3.63, 3.8) is 0 Å². The molecule has 3 heteroatoms. The van der Waals surface area contributed by atoms with Crippen LogP contribution in [0.1, 0.15) is 33.5 Å². The lowest BCUT2D eigenvalue weighted by Gasteiger charge is -2.39. The maximum atomic E-state index is 4.76. The zero-order valence-corrected chi connectivity index (χ0v) is 15.3. The fraction of sp³-hybridized carbons (Fsp3) is 0.120. The molecule has 2 aromatic carbocycles. The Morgan fingerprint density at radius 1 is 0.679 bits per heavy atom. The van der Waals surface area contributed by atoms with E-state index in [1.54, 1.807) is 0 Å². The van der Waals surface area contributed by atoms with Gasteiger partial charge in [0.25, 0.3) is 0 Å². The molecule has 0 saturated heterocycles. The zero-order valence-electron chi connectivity index (χ0n) is 15.3. The fourth-order valence-corrected chi connectivity index (χ4v) is 5.24. The highest BCUT2D eigenvalue weighted by Crippen LogP contribution is 2.55. The summed E-state index contributed by atoms with van der Waals surface area (Å²) >= 11 is 0. The van der Waals surface area contributed by atoms with Gasteiger partial charge in [0, 0.05) is 30.8 Å². The van der Waals surface area contributed by atoms with Crippen molar-refractivity contribution in [3.8, 4) is 11.1 Å². The van der Waals surface area contributed by atoms with Crippen molar-refractivity contribution in [3.05, 3.63) is 101 Å². The molecule has 3 nitrogen and oxygen atoms in total. The fourth-order valence-electron chi connectivity index (χ4n) is 5.24. The number of rotatable bonds is 0. The van der Waals surface area contributed by atoms with Crippen molar-refractivity contribution in [1.29, 1.82) is 0 Å². The topological polar surface area (TPSA) is 29.0 Å². The van der Waals surface area contributed by atoms with Gasteiger partial charge >= 0.3 is 0 Å². The average Bonchev–Trinajstić information content (AvgIpc) is 3.12. The second-order valence-corrected chi connectivity index (χ2v) is 7.90. The van der Waals surface area contributed by atoms with Crippen LogP contribution >= 0.6 is 0 Å². The van der Waals surface area contributed by atoms with Crippen LogP contribution in [-0.4, -0.2) is 9.97 Å². The highest BCUT2D eigenvalue weighted by atomic mass is 15.2. The van der Waals surface area contributed by atoms with Gasteiger partial charge in [0.05, 0.1) is 29.0 Å². The SMILES string of the molecule is c1ccc2c(c1)Cc1ccc3c(c1-2)N1c2cnccc2Cc2ccnc(c21)C3. The van der Waals surface area contributed by atoms with Gasteiger partial charge in [0.1, 0.15) is 0 Å². The molecule has 0 spiro atoms. The molecule has 0 unspecified atom stereocenters. The number of nitrogens with zero attached hydrogens (tertiary/aromatic N) is 3. The third-order valence-electron chi connectivity index (χ3n) is 6.41. The number of pyridine rings is 2. The Kier molecular flexibility index (Phi) is 2.64. The summed E-state index contributed by atoms with van der Waals surface area (Å²) in [6.07, 6.45) is 8.73. The lowest BCUT2D eigenvalue weighted by atomic mass is 9.87. The Balaban J connectivity index is 1.60. The van der Waals surface area contributed by atoms with Gasteiger partial charge in [-0.25, -0.2) is 0 Å². The average molecular weight is 359 g/mol. The summed E-state index contributed by atoms with van der Waals surface area (Å²) in [6.45, 7) is 0. The number of benzene rings is 2. The first-order chi connectivity index (χ1) is 13.9. The van der Waals surface area contributed by atoms with Crippen LogP contribution < -0.4 is 4.90 Å². The first kappa shape index (κ1) is 14.6. The van der Waals surface area contributed by atoms with E-state index in [-0.39, 0.29) is 0 Å². The second-order valence-electron chi connectivity index (χ2n) is 7.90. The van der Waals surface area contributed by atoms with E-state index < -0.39 is 0 Å². The van der Waals surface area contributed by atoms with Crippen LogP contribution in [0.5, 0.6) is 0 Å². The van der Waals surface area contributed by atoms with Gasteiger partial charge in [-0.05, 0) is 51.9 Å². The predicted molar refractivity (Wildman–Crippen MR) is 111 cm³/mol. The quantitative estimate of drug-likeness (QED) is 0.367. The zero-order chi connectivity index (χ0) is 18.2. The van der Waals surface area contributed by atoms with Crippen LogP contribution in [-0.2, 0) is 19.3 Å². The van der Waals surface area contributed by atoms with Crippen molar-refractivity contribution in [2.75, 3.05) is 4.90 Å². The van der Waals surface area contributed by atoms with E-state index in [1.165, 1.54) is 61.7 Å². The molecular weight excluding hydrogens is 342 g/mol. The highest BCUT2D eigenvalue weighted by molar-refractivity contribution is 5.98. The van der Waals surface area contributed by atoms with Gasteiger partial charge in [-0.3, -0.25) is 9.97 Å². The van der Waals surface area contributed by atoms with Gasteiger partial charge in [0.2, 0.25) is 0 Å². The summed E-state index contributed by atoms with van der Waals surface area (Å²) in [6, 6.07) is 17.8. The first-order valence-corrected chi connectivity index (χ1v) is 9.81. The van der Waals surface area contributed by atoms with Crippen molar-refractivity contribution >= 4 is 17.1 Å². The minimum absolute atomic E-state index is 0.889. The van der Waals surface area contributed by atoms with Crippen LogP contribution in [0, 0.1) is 0 Å². The number of aromatic nitrogens is 2. The van der Waals surface area contributed by atoms with Crippen LogP contribution in [0.25, 0.3) is 11.1 Å². The third kappa shape index (κ3) is 1.74. The molecule has 0 amide bonds. The summed E-state index contributed by atoms with van der Waals surface area (Å²) in [5, 5.41) is 0. The van der Waals surface area contributed by atoms with E-state index in [0.717, 1.165) is 19.3 Å². The normalized spacial score (nSPS) is 14.6. The molecule has 7 rings (SSSR count). The molecule has 28 heavy (non-hydrogen) atoms. The standard InChI is InChI=1S/C25H17N3/c1-2-4-20-15(3-1)11-17-5-6-18-13-21-24-19(8-10-27-21)12-16-7-9-26-14-22(16)28(24)25(18)23(17)20/h1-10,14H,11-13H2. The van der Waals surface area contributed by atoms with Crippen LogP contribution in [0.3, 0.4) is 0 Å². The Labute approximate surface area is 163 Å². The van der Waals surface area contributed by atoms with E-state index in [0.29, 0.717) is 0 Å². The first-order valence-electron chi connectivity index (χ1n) is 9.81. The molecule has 2 aromatic heterocycles. The molecule has 0 fully saturated rings. The smallest absolute Gasteiger partial charge is 0.0717 e. The molecular formula is C25H17N3. The molecule has 2 aliphatic heterocycles. The van der Waals surface area contributed by atoms with Crippen molar-refractivity contribution < 1.29 is 0 Å². The number of fused-ring (bicyclic) bond motifs is 8. The van der Waals surface area contributed by atoms with Gasteiger partial charge in [0.15, 0.2) is 0 Å². The van der Waals surface area contributed by atoms with E-state index >= 15 is 0 Å². The molecule has 4 heterocycles. The van der Waals surface area contributed by atoms with Crippen LogP contribution in [0.2, 0.25) is 0 Å². The molecule has 1 aliphatic carbocycles. The summed E-state index contributed by atoms with van der Waals surface area (Å²) < 4.78 is 0. The van der Waals surface area contributed by atoms with Crippen molar-refractivity contribution in [2.24, 2.45) is 0 Å². The van der Waals surface area contributed by atoms with E-state index in [2.05, 4.69) is 58.4 Å². The monoisotopic (exact) mass is 359 g/mol. The van der Waals surface area contributed by atoms with E-state index in [4.69, 9.17) is 4.98 Å². The Bertz CT molecular complexity index is 1290. The van der Waals surface area contributed by atoms with Crippen LogP contribution in [0.4, 0.5) is 17.1 Å². The molecule has 0 bridgehead atoms.